The molecule has 8 heteroatoms. The van der Waals surface area contributed by atoms with Crippen LogP contribution < -0.4 is 19.1 Å². The lowest BCUT2D eigenvalue weighted by atomic mass is 9.89. The number of ether oxygens (including phenoxy) is 2. The van der Waals surface area contributed by atoms with Crippen molar-refractivity contribution < 1.29 is 22.7 Å². The van der Waals surface area contributed by atoms with Gasteiger partial charge < -0.3 is 14.8 Å². The Labute approximate surface area is 178 Å². The van der Waals surface area contributed by atoms with Crippen molar-refractivity contribution in [3.8, 4) is 11.5 Å². The molecule has 1 aliphatic rings. The molecule has 7 nitrogen and oxygen atoms in total. The summed E-state index contributed by atoms with van der Waals surface area (Å²) in [5, 5.41) is 2.99. The van der Waals surface area contributed by atoms with Crippen LogP contribution in [0.25, 0.3) is 0 Å². The summed E-state index contributed by atoms with van der Waals surface area (Å²) in [7, 11) is -2.06. The first-order chi connectivity index (χ1) is 14.0. The molecule has 1 unspecified atom stereocenters. The van der Waals surface area contributed by atoms with Crippen molar-refractivity contribution in [1.29, 1.82) is 0 Å². The fourth-order valence-corrected chi connectivity index (χ4v) is 4.60. The summed E-state index contributed by atoms with van der Waals surface area (Å²) >= 11 is 0. The molecule has 1 aliphatic heterocycles. The van der Waals surface area contributed by atoms with Crippen LogP contribution in [0.15, 0.2) is 42.5 Å². The molecule has 1 amide bonds. The van der Waals surface area contributed by atoms with Crippen molar-refractivity contribution in [2.75, 3.05) is 24.2 Å². The highest BCUT2D eigenvalue weighted by molar-refractivity contribution is 7.92. The molecule has 0 aliphatic carbocycles. The highest BCUT2D eigenvalue weighted by Crippen LogP contribution is 2.41. The maximum Gasteiger partial charge on any atom is 0.241 e. The molecule has 0 saturated carbocycles. The quantitative estimate of drug-likeness (QED) is 0.758. The van der Waals surface area contributed by atoms with Gasteiger partial charge in [0.15, 0.2) is 0 Å². The highest BCUT2D eigenvalue weighted by Gasteiger charge is 2.35. The third-order valence-corrected chi connectivity index (χ3v) is 6.21. The smallest absolute Gasteiger partial charge is 0.241 e. The van der Waals surface area contributed by atoms with Crippen molar-refractivity contribution in [2.24, 2.45) is 0 Å². The van der Waals surface area contributed by atoms with Gasteiger partial charge in [-0.2, -0.15) is 0 Å². The lowest BCUT2D eigenvalue weighted by Gasteiger charge is -2.38. The number of carbonyl (C=O) groups excluding carboxylic acids is 1. The van der Waals surface area contributed by atoms with Crippen molar-refractivity contribution in [2.45, 2.75) is 38.8 Å². The summed E-state index contributed by atoms with van der Waals surface area (Å²) in [6, 6.07) is 12.2. The molecule has 3 rings (SSSR count). The van der Waals surface area contributed by atoms with E-state index in [0.29, 0.717) is 23.6 Å². The van der Waals surface area contributed by atoms with Gasteiger partial charge in [0.05, 0.1) is 25.1 Å². The molecule has 0 fully saturated rings. The van der Waals surface area contributed by atoms with Crippen LogP contribution in [0.1, 0.15) is 37.4 Å². The van der Waals surface area contributed by atoms with Crippen LogP contribution in [0.2, 0.25) is 0 Å². The first kappa shape index (κ1) is 22.0. The minimum Gasteiger partial charge on any atom is -0.497 e. The van der Waals surface area contributed by atoms with Gasteiger partial charge >= 0.3 is 0 Å². The van der Waals surface area contributed by atoms with E-state index in [0.717, 1.165) is 21.7 Å². The molecular formula is C22H28N2O5S. The molecule has 30 heavy (non-hydrogen) atoms. The zero-order valence-electron chi connectivity index (χ0n) is 17.9. The zero-order valence-corrected chi connectivity index (χ0v) is 18.7. The number of anilines is 1. The Kier molecular flexibility index (Phi) is 5.99. The number of aryl methyl sites for hydroxylation is 1. The first-order valence-corrected chi connectivity index (χ1v) is 11.5. The third kappa shape index (κ3) is 4.87. The van der Waals surface area contributed by atoms with Crippen molar-refractivity contribution in [1.82, 2.24) is 5.32 Å². The van der Waals surface area contributed by atoms with Crippen LogP contribution in [0.3, 0.4) is 0 Å². The number of fused-ring (bicyclic) bond motifs is 1. The second-order valence-corrected chi connectivity index (χ2v) is 10.1. The van der Waals surface area contributed by atoms with Gasteiger partial charge in [0.25, 0.3) is 0 Å². The van der Waals surface area contributed by atoms with E-state index in [-0.39, 0.29) is 18.5 Å². The Bertz CT molecular complexity index is 1050. The average Bonchev–Trinajstić information content (AvgIpc) is 2.65. The Hall–Kier alpha value is -2.74. The van der Waals surface area contributed by atoms with Crippen molar-refractivity contribution in [3.63, 3.8) is 0 Å². The zero-order chi connectivity index (χ0) is 22.1. The lowest BCUT2D eigenvalue weighted by molar-refractivity contribution is -0.120. The Morgan fingerprint density at radius 2 is 1.97 bits per heavy atom. The van der Waals surface area contributed by atoms with Crippen LogP contribution >= 0.6 is 0 Å². The number of para-hydroxylation sites is 1. The molecule has 162 valence electrons. The van der Waals surface area contributed by atoms with Gasteiger partial charge in [0.2, 0.25) is 15.9 Å². The van der Waals surface area contributed by atoms with E-state index in [4.69, 9.17) is 9.47 Å². The number of rotatable bonds is 6. The minimum atomic E-state index is -3.64. The fraction of sp³-hybridized carbons (Fsp3) is 0.409. The number of nitrogens with zero attached hydrogens (tertiary/aromatic N) is 1. The molecule has 0 bridgehead atoms. The fourth-order valence-electron chi connectivity index (χ4n) is 3.68. The number of sulfonamides is 1. The van der Waals surface area contributed by atoms with Crippen LogP contribution in [0.5, 0.6) is 11.5 Å². The minimum absolute atomic E-state index is 0.305. The monoisotopic (exact) mass is 432 g/mol. The Balaban J connectivity index is 1.87. The van der Waals surface area contributed by atoms with Crippen LogP contribution in [-0.2, 0) is 14.8 Å². The summed E-state index contributed by atoms with van der Waals surface area (Å²) in [6.45, 7) is 5.42. The molecule has 0 saturated heterocycles. The van der Waals surface area contributed by atoms with E-state index in [9.17, 15) is 13.2 Å². The predicted molar refractivity (Wildman–Crippen MR) is 117 cm³/mol. The molecule has 0 radical (unpaired) electrons. The van der Waals surface area contributed by atoms with Gasteiger partial charge in [-0.05, 0) is 50.6 Å². The van der Waals surface area contributed by atoms with Crippen LogP contribution in [0.4, 0.5) is 5.69 Å². The van der Waals surface area contributed by atoms with Gasteiger partial charge in [0.1, 0.15) is 23.6 Å². The molecule has 1 N–H and O–H groups in total. The second-order valence-electron chi connectivity index (χ2n) is 8.15. The van der Waals surface area contributed by atoms with E-state index in [1.165, 1.54) is 0 Å². The molecule has 1 atom stereocenters. The number of carbonyl (C=O) groups is 1. The topological polar surface area (TPSA) is 84.9 Å². The van der Waals surface area contributed by atoms with E-state index in [2.05, 4.69) is 5.32 Å². The maximum absolute atomic E-state index is 12.9. The second kappa shape index (κ2) is 8.18. The molecule has 2 aromatic rings. The van der Waals surface area contributed by atoms with Gasteiger partial charge in [0, 0.05) is 12.0 Å². The van der Waals surface area contributed by atoms with Gasteiger partial charge in [-0.15, -0.1) is 0 Å². The largest absolute Gasteiger partial charge is 0.497 e. The number of amides is 1. The molecular weight excluding hydrogens is 404 g/mol. The van der Waals surface area contributed by atoms with E-state index in [1.807, 2.05) is 51.1 Å². The third-order valence-electron chi connectivity index (χ3n) is 5.08. The molecule has 1 heterocycles. The number of methoxy groups -OCH3 is 1. The van der Waals surface area contributed by atoms with E-state index < -0.39 is 15.6 Å². The summed E-state index contributed by atoms with van der Waals surface area (Å²) in [5.41, 5.74) is 1.60. The van der Waals surface area contributed by atoms with Crippen molar-refractivity contribution in [3.05, 3.63) is 53.6 Å². The molecule has 0 spiro atoms. The summed E-state index contributed by atoms with van der Waals surface area (Å²) in [6.07, 6.45) is 1.65. The SMILES string of the molecule is COc1ccc2c(c1)C(NC(=O)CN(c1ccccc1C)S(C)(=O)=O)CC(C)(C)O2. The number of benzene rings is 2. The van der Waals surface area contributed by atoms with Gasteiger partial charge in [-0.1, -0.05) is 18.2 Å². The number of hydrogen-bond acceptors (Lipinski definition) is 5. The molecule has 2 aromatic carbocycles. The maximum atomic E-state index is 12.9. The normalized spacial score (nSPS) is 17.4. The Morgan fingerprint density at radius 1 is 1.27 bits per heavy atom. The van der Waals surface area contributed by atoms with E-state index >= 15 is 0 Å². The van der Waals surface area contributed by atoms with Crippen molar-refractivity contribution >= 4 is 21.6 Å². The van der Waals surface area contributed by atoms with E-state index in [1.54, 1.807) is 19.2 Å². The predicted octanol–water partition coefficient (Wildman–Crippen LogP) is 3.19. The van der Waals surface area contributed by atoms with Gasteiger partial charge in [-0.25, -0.2) is 8.42 Å². The first-order valence-electron chi connectivity index (χ1n) is 9.70. The summed E-state index contributed by atoms with van der Waals surface area (Å²) < 4.78 is 37.3. The van der Waals surface area contributed by atoms with Crippen LogP contribution in [-0.4, -0.2) is 39.8 Å². The average molecular weight is 433 g/mol. The standard InChI is InChI=1S/C22H28N2O5S/c1-15-8-6-7-9-19(15)24(30(5,26)27)14-21(25)23-18-13-22(2,3)29-20-11-10-16(28-4)12-17(18)20/h6-12,18H,13-14H2,1-5H3,(H,23,25). The van der Waals surface area contributed by atoms with Gasteiger partial charge in [-0.3, -0.25) is 9.10 Å². The summed E-state index contributed by atoms with van der Waals surface area (Å²) in [4.78, 5) is 12.9. The molecule has 0 aromatic heterocycles. The lowest BCUT2D eigenvalue weighted by Crippen LogP contribution is -2.45. The number of hydrogen-bond donors (Lipinski definition) is 1. The highest BCUT2D eigenvalue weighted by atomic mass is 32.2. The van der Waals surface area contributed by atoms with Crippen LogP contribution in [0, 0.1) is 6.92 Å². The number of nitrogens with one attached hydrogen (secondary N) is 1. The summed E-state index contributed by atoms with van der Waals surface area (Å²) in [5.74, 6) is 0.949. The Morgan fingerprint density at radius 3 is 2.60 bits per heavy atom.